The number of amides is 1. The van der Waals surface area contributed by atoms with Crippen molar-refractivity contribution in [2.24, 2.45) is 0 Å². The van der Waals surface area contributed by atoms with Gasteiger partial charge in [-0.3, -0.25) is 9.78 Å². The average molecular weight is 447 g/mol. The fourth-order valence-electron chi connectivity index (χ4n) is 3.68. The van der Waals surface area contributed by atoms with Crippen molar-refractivity contribution in [1.29, 1.82) is 0 Å². The summed E-state index contributed by atoms with van der Waals surface area (Å²) < 4.78 is 1.88. The number of benzene rings is 2. The lowest BCUT2D eigenvalue weighted by atomic mass is 10.1. The van der Waals surface area contributed by atoms with Crippen LogP contribution in [0.25, 0.3) is 16.9 Å². The van der Waals surface area contributed by atoms with Gasteiger partial charge >= 0.3 is 0 Å². The van der Waals surface area contributed by atoms with Gasteiger partial charge in [-0.2, -0.15) is 5.10 Å². The first-order valence-corrected chi connectivity index (χ1v) is 11.3. The molecule has 5 nitrogen and oxygen atoms in total. The van der Waals surface area contributed by atoms with E-state index >= 15 is 0 Å². The molecule has 5 rings (SSSR count). The first kappa shape index (κ1) is 19.8. The molecule has 0 bridgehead atoms. The molecule has 0 spiro atoms. The van der Waals surface area contributed by atoms with E-state index in [1.807, 2.05) is 82.5 Å². The normalized spacial score (nSPS) is 16.1. The van der Waals surface area contributed by atoms with Crippen LogP contribution in [0, 0.1) is 0 Å². The highest BCUT2D eigenvalue weighted by Gasteiger charge is 2.36. The van der Waals surface area contributed by atoms with Crippen molar-refractivity contribution in [2.45, 2.75) is 11.9 Å². The zero-order chi connectivity index (χ0) is 21.2. The molecule has 1 aliphatic heterocycles. The lowest BCUT2D eigenvalue weighted by molar-refractivity contribution is -0.128. The van der Waals surface area contributed by atoms with E-state index in [1.165, 1.54) is 0 Å². The number of carbonyl (C=O) groups is 1. The Kier molecular flexibility index (Phi) is 5.49. The van der Waals surface area contributed by atoms with Crippen LogP contribution in [0.2, 0.25) is 5.02 Å². The van der Waals surface area contributed by atoms with Crippen LogP contribution in [0.15, 0.2) is 85.3 Å². The van der Waals surface area contributed by atoms with Crippen LogP contribution in [-0.4, -0.2) is 31.3 Å². The maximum absolute atomic E-state index is 12.8. The van der Waals surface area contributed by atoms with E-state index in [0.29, 0.717) is 17.3 Å². The van der Waals surface area contributed by atoms with Crippen molar-refractivity contribution >= 4 is 29.3 Å². The van der Waals surface area contributed by atoms with Crippen molar-refractivity contribution in [3.05, 3.63) is 101 Å². The quantitative estimate of drug-likeness (QED) is 0.414. The fraction of sp³-hybridized carbons (Fsp3) is 0.125. The summed E-state index contributed by atoms with van der Waals surface area (Å²) in [4.78, 5) is 18.9. The van der Waals surface area contributed by atoms with E-state index in [2.05, 4.69) is 4.98 Å². The van der Waals surface area contributed by atoms with Crippen LogP contribution >= 0.6 is 23.4 Å². The number of hydrogen-bond donors (Lipinski definition) is 0. The molecular weight excluding hydrogens is 428 g/mol. The summed E-state index contributed by atoms with van der Waals surface area (Å²) in [6.45, 7) is 0.515. The number of pyridine rings is 1. The van der Waals surface area contributed by atoms with Crippen molar-refractivity contribution < 1.29 is 4.79 Å². The number of hydrogen-bond acceptors (Lipinski definition) is 4. The molecule has 0 radical (unpaired) electrons. The number of para-hydroxylation sites is 1. The van der Waals surface area contributed by atoms with Crippen molar-refractivity contribution in [3.8, 4) is 16.9 Å². The molecule has 1 aliphatic rings. The van der Waals surface area contributed by atoms with Crippen molar-refractivity contribution in [3.63, 3.8) is 0 Å². The van der Waals surface area contributed by atoms with Crippen LogP contribution in [0.3, 0.4) is 0 Å². The Morgan fingerprint density at radius 1 is 1.03 bits per heavy atom. The van der Waals surface area contributed by atoms with Gasteiger partial charge in [-0.15, -0.1) is 11.8 Å². The van der Waals surface area contributed by atoms with E-state index < -0.39 is 0 Å². The molecule has 1 saturated heterocycles. The summed E-state index contributed by atoms with van der Waals surface area (Å²) in [5, 5.41) is 5.45. The minimum absolute atomic E-state index is 0.119. The van der Waals surface area contributed by atoms with Crippen LogP contribution in [0.5, 0.6) is 0 Å². The molecule has 1 fully saturated rings. The summed E-state index contributed by atoms with van der Waals surface area (Å²) in [7, 11) is 0. The van der Waals surface area contributed by atoms with E-state index in [9.17, 15) is 4.79 Å². The Labute approximate surface area is 189 Å². The first-order valence-electron chi connectivity index (χ1n) is 9.90. The lowest BCUT2D eigenvalue weighted by Gasteiger charge is -2.24. The van der Waals surface area contributed by atoms with Crippen LogP contribution in [0.1, 0.15) is 16.5 Å². The van der Waals surface area contributed by atoms with Gasteiger partial charge in [0.2, 0.25) is 5.91 Å². The molecule has 1 atom stereocenters. The van der Waals surface area contributed by atoms with Gasteiger partial charge in [0.1, 0.15) is 5.37 Å². The summed E-state index contributed by atoms with van der Waals surface area (Å²) in [5.74, 6) is 0.565. The van der Waals surface area contributed by atoms with E-state index in [4.69, 9.17) is 16.7 Å². The monoisotopic (exact) mass is 446 g/mol. The zero-order valence-corrected chi connectivity index (χ0v) is 18.1. The Morgan fingerprint density at radius 2 is 1.84 bits per heavy atom. The molecule has 2 aromatic heterocycles. The molecule has 4 aromatic rings. The maximum atomic E-state index is 12.8. The topological polar surface area (TPSA) is 51.0 Å². The minimum atomic E-state index is -0.129. The highest BCUT2D eigenvalue weighted by Crippen LogP contribution is 2.43. The third kappa shape index (κ3) is 4.09. The predicted molar refractivity (Wildman–Crippen MR) is 124 cm³/mol. The summed E-state index contributed by atoms with van der Waals surface area (Å²) in [5.41, 5.74) is 4.80. The van der Waals surface area contributed by atoms with Gasteiger partial charge < -0.3 is 4.90 Å². The van der Waals surface area contributed by atoms with Crippen molar-refractivity contribution in [1.82, 2.24) is 19.7 Å². The minimum Gasteiger partial charge on any atom is -0.321 e. The maximum Gasteiger partial charge on any atom is 0.234 e. The van der Waals surface area contributed by atoms with Gasteiger partial charge in [-0.25, -0.2) is 4.68 Å². The third-order valence-corrected chi connectivity index (χ3v) is 6.68. The molecule has 0 unspecified atom stereocenters. The SMILES string of the molecule is O=C1CS[C@@H](c2cn(-c3ccccc3)nc2-c2ccc(Cl)cc2)N1Cc1cccnc1. The fourth-order valence-corrected chi connectivity index (χ4v) is 5.00. The van der Waals surface area contributed by atoms with E-state index in [1.54, 1.807) is 24.2 Å². The van der Waals surface area contributed by atoms with Gasteiger partial charge in [-0.05, 0) is 35.9 Å². The summed E-state index contributed by atoms with van der Waals surface area (Å²) >= 11 is 7.74. The van der Waals surface area contributed by atoms with Gasteiger partial charge in [0.25, 0.3) is 0 Å². The number of nitrogens with zero attached hydrogens (tertiary/aromatic N) is 4. The Morgan fingerprint density at radius 3 is 2.58 bits per heavy atom. The predicted octanol–water partition coefficient (Wildman–Crippen LogP) is 5.36. The smallest absolute Gasteiger partial charge is 0.234 e. The first-order chi connectivity index (χ1) is 15.2. The molecule has 2 aromatic carbocycles. The molecule has 1 amide bonds. The molecule has 0 N–H and O–H groups in total. The zero-order valence-electron chi connectivity index (χ0n) is 16.6. The molecular formula is C24H19ClN4OS. The number of aromatic nitrogens is 3. The Hall–Kier alpha value is -3.09. The highest BCUT2D eigenvalue weighted by atomic mass is 35.5. The van der Waals surface area contributed by atoms with Gasteiger partial charge in [0, 0.05) is 41.3 Å². The molecule has 0 saturated carbocycles. The van der Waals surface area contributed by atoms with E-state index in [0.717, 1.165) is 28.1 Å². The van der Waals surface area contributed by atoms with Crippen LogP contribution in [0.4, 0.5) is 0 Å². The largest absolute Gasteiger partial charge is 0.321 e. The number of halogens is 1. The van der Waals surface area contributed by atoms with Crippen LogP contribution in [-0.2, 0) is 11.3 Å². The second kappa shape index (κ2) is 8.57. The molecule has 7 heteroatoms. The summed E-state index contributed by atoms with van der Waals surface area (Å²) in [6, 6.07) is 21.5. The molecule has 154 valence electrons. The number of carbonyl (C=O) groups excluding carboxylic acids is 1. The van der Waals surface area contributed by atoms with E-state index in [-0.39, 0.29) is 11.3 Å². The van der Waals surface area contributed by atoms with Crippen molar-refractivity contribution in [2.75, 3.05) is 5.75 Å². The highest BCUT2D eigenvalue weighted by molar-refractivity contribution is 8.00. The van der Waals surface area contributed by atoms with Gasteiger partial charge in [0.05, 0.1) is 17.1 Å². The van der Waals surface area contributed by atoms with Gasteiger partial charge in [-0.1, -0.05) is 48.0 Å². The molecule has 31 heavy (non-hydrogen) atoms. The molecule has 0 aliphatic carbocycles. The summed E-state index contributed by atoms with van der Waals surface area (Å²) in [6.07, 6.45) is 5.58. The lowest BCUT2D eigenvalue weighted by Crippen LogP contribution is -2.27. The number of rotatable bonds is 5. The second-order valence-electron chi connectivity index (χ2n) is 7.27. The Bertz CT molecular complexity index is 1200. The Balaban J connectivity index is 1.58. The second-order valence-corrected chi connectivity index (χ2v) is 8.77. The third-order valence-electron chi connectivity index (χ3n) is 5.19. The average Bonchev–Trinajstić information content (AvgIpc) is 3.40. The van der Waals surface area contributed by atoms with Crippen LogP contribution < -0.4 is 0 Å². The standard InChI is InChI=1S/C24H19ClN4OS/c25-19-10-8-18(9-11-19)23-21(15-29(27-23)20-6-2-1-3-7-20)24-28(22(30)16-31-24)14-17-5-4-12-26-13-17/h1-13,15,24H,14,16H2/t24-/m0/s1. The van der Waals surface area contributed by atoms with Gasteiger partial charge in [0.15, 0.2) is 0 Å². The number of thioether (sulfide) groups is 1. The molecule has 3 heterocycles.